The van der Waals surface area contributed by atoms with Crippen LogP contribution < -0.4 is 11.1 Å². The van der Waals surface area contributed by atoms with Crippen molar-refractivity contribution in [3.63, 3.8) is 0 Å². The van der Waals surface area contributed by atoms with Crippen molar-refractivity contribution in [1.82, 2.24) is 10.3 Å². The van der Waals surface area contributed by atoms with Gasteiger partial charge in [-0.25, -0.2) is 4.98 Å². The van der Waals surface area contributed by atoms with Crippen molar-refractivity contribution in [2.45, 2.75) is 32.7 Å². The Morgan fingerprint density at radius 3 is 2.88 bits per heavy atom. The predicted molar refractivity (Wildman–Crippen MR) is 69.8 cm³/mol. The highest BCUT2D eigenvalue weighted by molar-refractivity contribution is 7.80. The number of thiazole rings is 1. The van der Waals surface area contributed by atoms with Crippen molar-refractivity contribution < 1.29 is 4.79 Å². The van der Waals surface area contributed by atoms with Crippen LogP contribution in [0.25, 0.3) is 0 Å². The normalized spacial score (nSPS) is 12.1. The van der Waals surface area contributed by atoms with Gasteiger partial charge >= 0.3 is 0 Å². The average Bonchev–Trinajstić information content (AvgIpc) is 2.62. The van der Waals surface area contributed by atoms with E-state index in [0.29, 0.717) is 16.3 Å². The van der Waals surface area contributed by atoms with Gasteiger partial charge in [-0.05, 0) is 13.3 Å². The second kappa shape index (κ2) is 5.91. The molecule has 6 heteroatoms. The standard InChI is InChI=1S/C10H15N3OS2/c1-3-7(4-8(11)15)13-10(14)9-6(2)12-5-16-9/h5,7H,3-4H2,1-2H3,(H2,11,15)(H,13,14). The highest BCUT2D eigenvalue weighted by atomic mass is 32.1. The molecule has 0 aliphatic heterocycles. The molecule has 0 aromatic carbocycles. The molecule has 0 aliphatic rings. The minimum Gasteiger partial charge on any atom is -0.393 e. The molecule has 0 fully saturated rings. The number of aryl methyl sites for hydroxylation is 1. The average molecular weight is 257 g/mol. The Bertz CT molecular complexity index is 389. The van der Waals surface area contributed by atoms with Crippen molar-refractivity contribution in [3.8, 4) is 0 Å². The number of aromatic nitrogens is 1. The summed E-state index contributed by atoms with van der Waals surface area (Å²) in [5.74, 6) is -0.0944. The van der Waals surface area contributed by atoms with Crippen LogP contribution in [-0.4, -0.2) is 21.9 Å². The number of carbonyl (C=O) groups excluding carboxylic acids is 1. The number of rotatable bonds is 5. The van der Waals surface area contributed by atoms with Crippen LogP contribution in [0.5, 0.6) is 0 Å². The second-order valence-corrected chi connectivity index (χ2v) is 4.90. The van der Waals surface area contributed by atoms with Crippen molar-refractivity contribution >= 4 is 34.5 Å². The molecule has 3 N–H and O–H groups in total. The van der Waals surface area contributed by atoms with Crippen LogP contribution in [0.4, 0.5) is 0 Å². The SMILES string of the molecule is CCC(CC(N)=S)NC(=O)c1scnc1C. The monoisotopic (exact) mass is 257 g/mol. The fraction of sp³-hybridized carbons (Fsp3) is 0.500. The Balaban J connectivity index is 2.62. The van der Waals surface area contributed by atoms with E-state index in [-0.39, 0.29) is 11.9 Å². The molecule has 1 heterocycles. The maximum atomic E-state index is 11.9. The van der Waals surface area contributed by atoms with E-state index >= 15 is 0 Å². The molecule has 0 saturated carbocycles. The lowest BCUT2D eigenvalue weighted by Gasteiger charge is -2.15. The molecule has 4 nitrogen and oxygen atoms in total. The van der Waals surface area contributed by atoms with E-state index in [0.717, 1.165) is 12.1 Å². The molecule has 1 aromatic rings. The molecule has 1 amide bonds. The quantitative estimate of drug-likeness (QED) is 0.787. The zero-order valence-corrected chi connectivity index (χ0v) is 11.0. The topological polar surface area (TPSA) is 68.0 Å². The molecule has 0 aliphatic carbocycles. The van der Waals surface area contributed by atoms with Crippen LogP contribution in [0.15, 0.2) is 5.51 Å². The third kappa shape index (κ3) is 3.53. The second-order valence-electron chi connectivity index (χ2n) is 3.52. The number of carbonyl (C=O) groups is 1. The minimum absolute atomic E-state index is 0.00602. The van der Waals surface area contributed by atoms with Gasteiger partial charge in [0.15, 0.2) is 0 Å². The lowest BCUT2D eigenvalue weighted by Crippen LogP contribution is -2.36. The number of amides is 1. The lowest BCUT2D eigenvalue weighted by molar-refractivity contribution is 0.0940. The Kier molecular flexibility index (Phi) is 4.82. The first-order valence-corrected chi connectivity index (χ1v) is 6.32. The number of nitrogens with one attached hydrogen (secondary N) is 1. The zero-order chi connectivity index (χ0) is 12.1. The Morgan fingerprint density at radius 2 is 2.44 bits per heavy atom. The first-order valence-electron chi connectivity index (χ1n) is 5.03. The first kappa shape index (κ1) is 13.1. The van der Waals surface area contributed by atoms with Crippen molar-refractivity contribution in [2.24, 2.45) is 5.73 Å². The Labute approximate surface area is 104 Å². The first-order chi connectivity index (χ1) is 7.54. The summed E-state index contributed by atoms with van der Waals surface area (Å²) in [6.45, 7) is 3.81. The zero-order valence-electron chi connectivity index (χ0n) is 9.32. The highest BCUT2D eigenvalue weighted by Gasteiger charge is 2.16. The molecule has 1 unspecified atom stereocenters. The lowest BCUT2D eigenvalue weighted by atomic mass is 10.1. The third-order valence-electron chi connectivity index (χ3n) is 2.23. The molecule has 0 bridgehead atoms. The Hall–Kier alpha value is -1.01. The molecule has 16 heavy (non-hydrogen) atoms. The van der Waals surface area contributed by atoms with E-state index in [1.807, 2.05) is 13.8 Å². The van der Waals surface area contributed by atoms with Crippen LogP contribution in [0.1, 0.15) is 35.1 Å². The summed E-state index contributed by atoms with van der Waals surface area (Å²) in [5, 5.41) is 2.91. The van der Waals surface area contributed by atoms with Crippen LogP contribution >= 0.6 is 23.6 Å². The maximum Gasteiger partial charge on any atom is 0.263 e. The summed E-state index contributed by atoms with van der Waals surface area (Å²) in [7, 11) is 0. The summed E-state index contributed by atoms with van der Waals surface area (Å²) in [4.78, 5) is 17.0. The van der Waals surface area contributed by atoms with Gasteiger partial charge in [0.05, 0.1) is 16.2 Å². The smallest absolute Gasteiger partial charge is 0.263 e. The van der Waals surface area contributed by atoms with Gasteiger partial charge in [-0.1, -0.05) is 19.1 Å². The van der Waals surface area contributed by atoms with E-state index in [1.165, 1.54) is 11.3 Å². The third-order valence-corrected chi connectivity index (χ3v) is 3.32. The molecule has 0 radical (unpaired) electrons. The van der Waals surface area contributed by atoms with Gasteiger partial charge in [-0.3, -0.25) is 4.79 Å². The summed E-state index contributed by atoms with van der Waals surface area (Å²) in [5.41, 5.74) is 7.89. The van der Waals surface area contributed by atoms with E-state index in [4.69, 9.17) is 18.0 Å². The molecule has 1 aromatic heterocycles. The van der Waals surface area contributed by atoms with Crippen LogP contribution in [0.2, 0.25) is 0 Å². The van der Waals surface area contributed by atoms with Crippen LogP contribution in [0.3, 0.4) is 0 Å². The fourth-order valence-corrected chi connectivity index (χ4v) is 2.22. The molecule has 1 atom stereocenters. The van der Waals surface area contributed by atoms with E-state index < -0.39 is 0 Å². The van der Waals surface area contributed by atoms with E-state index in [2.05, 4.69) is 10.3 Å². The van der Waals surface area contributed by atoms with Gasteiger partial charge in [0.25, 0.3) is 5.91 Å². The van der Waals surface area contributed by atoms with Gasteiger partial charge in [0.1, 0.15) is 4.88 Å². The van der Waals surface area contributed by atoms with Gasteiger partial charge in [0.2, 0.25) is 0 Å². The van der Waals surface area contributed by atoms with E-state index in [1.54, 1.807) is 5.51 Å². The summed E-state index contributed by atoms with van der Waals surface area (Å²) in [6.07, 6.45) is 1.34. The number of hydrogen-bond acceptors (Lipinski definition) is 4. The Morgan fingerprint density at radius 1 is 1.75 bits per heavy atom. The number of hydrogen-bond donors (Lipinski definition) is 2. The van der Waals surface area contributed by atoms with E-state index in [9.17, 15) is 4.79 Å². The largest absolute Gasteiger partial charge is 0.393 e. The fourth-order valence-electron chi connectivity index (χ4n) is 1.31. The minimum atomic E-state index is -0.0944. The predicted octanol–water partition coefficient (Wildman–Crippen LogP) is 1.64. The summed E-state index contributed by atoms with van der Waals surface area (Å²) >= 11 is 6.18. The van der Waals surface area contributed by atoms with Crippen molar-refractivity contribution in [2.75, 3.05) is 0 Å². The molecule has 0 spiro atoms. The van der Waals surface area contributed by atoms with Gasteiger partial charge in [-0.15, -0.1) is 11.3 Å². The number of nitrogens with two attached hydrogens (primary N) is 1. The summed E-state index contributed by atoms with van der Waals surface area (Å²) < 4.78 is 0. The van der Waals surface area contributed by atoms with Gasteiger partial charge in [-0.2, -0.15) is 0 Å². The van der Waals surface area contributed by atoms with Crippen molar-refractivity contribution in [3.05, 3.63) is 16.1 Å². The molecule has 1 rings (SSSR count). The van der Waals surface area contributed by atoms with Crippen LogP contribution in [-0.2, 0) is 0 Å². The number of nitrogens with zero attached hydrogens (tertiary/aromatic N) is 1. The van der Waals surface area contributed by atoms with Crippen LogP contribution in [0, 0.1) is 6.92 Å². The molecular formula is C10H15N3OS2. The van der Waals surface area contributed by atoms with Gasteiger partial charge in [0, 0.05) is 12.5 Å². The number of thiocarbonyl (C=S) groups is 1. The van der Waals surface area contributed by atoms with Gasteiger partial charge < -0.3 is 11.1 Å². The molecule has 88 valence electrons. The summed E-state index contributed by atoms with van der Waals surface area (Å²) in [6, 6.07) is 0.00602. The maximum absolute atomic E-state index is 11.9. The molecule has 0 saturated heterocycles. The van der Waals surface area contributed by atoms with Crippen molar-refractivity contribution in [1.29, 1.82) is 0 Å². The highest BCUT2D eigenvalue weighted by Crippen LogP contribution is 2.12. The molecular weight excluding hydrogens is 242 g/mol.